The molecule has 1 amide bonds. The lowest BCUT2D eigenvalue weighted by Gasteiger charge is -2.19. The highest BCUT2D eigenvalue weighted by Crippen LogP contribution is 2.38. The van der Waals surface area contributed by atoms with Crippen molar-refractivity contribution in [1.82, 2.24) is 14.8 Å². The third-order valence-electron chi connectivity index (χ3n) is 4.82. The van der Waals surface area contributed by atoms with Gasteiger partial charge in [-0.25, -0.2) is 14.5 Å². The van der Waals surface area contributed by atoms with Gasteiger partial charge < -0.3 is 0 Å². The smallest absolute Gasteiger partial charge is 0.284 e. The van der Waals surface area contributed by atoms with E-state index in [0.29, 0.717) is 28.5 Å². The van der Waals surface area contributed by atoms with Crippen LogP contribution >= 0.6 is 0 Å². The van der Waals surface area contributed by atoms with Crippen molar-refractivity contribution in [2.75, 3.05) is 4.90 Å². The summed E-state index contributed by atoms with van der Waals surface area (Å²) in [5, 5.41) is 4.21. The molecule has 0 N–H and O–H groups in total. The lowest BCUT2D eigenvalue weighted by molar-refractivity contribution is -0.137. The Hall–Kier alpha value is -3.93. The van der Waals surface area contributed by atoms with E-state index in [1.807, 2.05) is 0 Å². The molecule has 1 aliphatic rings. The molecule has 2 aromatic carbocycles. The summed E-state index contributed by atoms with van der Waals surface area (Å²) in [5.41, 5.74) is 1.52. The summed E-state index contributed by atoms with van der Waals surface area (Å²) in [7, 11) is 0. The van der Waals surface area contributed by atoms with Crippen molar-refractivity contribution in [3.63, 3.8) is 0 Å². The molecule has 0 unspecified atom stereocenters. The largest absolute Gasteiger partial charge is 0.416 e. The maximum atomic E-state index is 13.1. The molecule has 1 aliphatic heterocycles. The number of halogens is 3. The first-order chi connectivity index (χ1) is 14.3. The summed E-state index contributed by atoms with van der Waals surface area (Å²) in [5.74, 6) is 0.0746. The third-order valence-corrected chi connectivity index (χ3v) is 4.82. The minimum atomic E-state index is -4.50. The van der Waals surface area contributed by atoms with Crippen LogP contribution in [0.1, 0.15) is 24.7 Å². The summed E-state index contributed by atoms with van der Waals surface area (Å²) < 4.78 is 40.8. The summed E-state index contributed by atoms with van der Waals surface area (Å²) in [6, 6.07) is 11.4. The second-order valence-electron chi connectivity index (χ2n) is 6.64. The van der Waals surface area contributed by atoms with Gasteiger partial charge in [0.25, 0.3) is 0 Å². The van der Waals surface area contributed by atoms with Gasteiger partial charge in [0.05, 0.1) is 24.2 Å². The van der Waals surface area contributed by atoms with Gasteiger partial charge in [-0.05, 0) is 37.3 Å². The van der Waals surface area contributed by atoms with E-state index in [0.717, 1.165) is 12.1 Å². The molecule has 0 saturated carbocycles. The van der Waals surface area contributed by atoms with E-state index in [-0.39, 0.29) is 18.0 Å². The predicted octanol–water partition coefficient (Wildman–Crippen LogP) is 5.00. The van der Waals surface area contributed by atoms with Crippen LogP contribution in [0.3, 0.4) is 0 Å². The SMILES string of the molecule is [C-]#[N+]c1ccc(-n2ncnc2C2=C(C)N(c3cccc(C(F)(F)F)c3)C(=O)C2)cc1. The molecule has 30 heavy (non-hydrogen) atoms. The molecule has 0 bridgehead atoms. The average molecular weight is 409 g/mol. The van der Waals surface area contributed by atoms with E-state index in [1.54, 1.807) is 31.2 Å². The van der Waals surface area contributed by atoms with E-state index in [1.165, 1.54) is 28.0 Å². The normalized spacial score (nSPS) is 14.4. The standard InChI is InChI=1S/C21H14F3N5O/c1-13-18(20-26-12-27-29(20)16-8-6-15(25-2)7-9-16)11-19(30)28(13)17-5-3-4-14(10-17)21(22,23)24/h3-10,12H,11H2,1H3. The van der Waals surface area contributed by atoms with E-state index >= 15 is 0 Å². The first-order valence-electron chi connectivity index (χ1n) is 8.88. The number of allylic oxidation sites excluding steroid dienone is 1. The van der Waals surface area contributed by atoms with Crippen LogP contribution in [0, 0.1) is 6.57 Å². The zero-order chi connectivity index (χ0) is 21.5. The Bertz CT molecular complexity index is 1200. The van der Waals surface area contributed by atoms with Crippen molar-refractivity contribution >= 4 is 22.9 Å². The van der Waals surface area contributed by atoms with Crippen LogP contribution in [-0.4, -0.2) is 20.7 Å². The van der Waals surface area contributed by atoms with Gasteiger partial charge in [-0.3, -0.25) is 9.69 Å². The molecule has 0 saturated heterocycles. The number of hydrogen-bond donors (Lipinski definition) is 0. The molecule has 2 heterocycles. The molecular weight excluding hydrogens is 395 g/mol. The third kappa shape index (κ3) is 3.33. The van der Waals surface area contributed by atoms with Crippen molar-refractivity contribution in [3.05, 3.63) is 83.4 Å². The second-order valence-corrected chi connectivity index (χ2v) is 6.64. The van der Waals surface area contributed by atoms with E-state index < -0.39 is 11.7 Å². The van der Waals surface area contributed by atoms with Crippen molar-refractivity contribution in [3.8, 4) is 5.69 Å². The van der Waals surface area contributed by atoms with Crippen LogP contribution < -0.4 is 4.90 Å². The van der Waals surface area contributed by atoms with Crippen LogP contribution in [0.25, 0.3) is 16.1 Å². The zero-order valence-corrected chi connectivity index (χ0v) is 15.7. The zero-order valence-electron chi connectivity index (χ0n) is 15.7. The van der Waals surface area contributed by atoms with Gasteiger partial charge in [-0.1, -0.05) is 18.2 Å². The van der Waals surface area contributed by atoms with Gasteiger partial charge in [-0.2, -0.15) is 18.3 Å². The lowest BCUT2D eigenvalue weighted by Crippen LogP contribution is -2.23. The number of rotatable bonds is 3. The Morgan fingerprint density at radius 2 is 1.83 bits per heavy atom. The van der Waals surface area contributed by atoms with E-state index in [4.69, 9.17) is 6.57 Å². The molecule has 0 spiro atoms. The molecule has 9 heteroatoms. The van der Waals surface area contributed by atoms with Crippen LogP contribution in [-0.2, 0) is 11.0 Å². The molecule has 4 rings (SSSR count). The van der Waals surface area contributed by atoms with Crippen LogP contribution in [0.15, 0.2) is 60.6 Å². The predicted molar refractivity (Wildman–Crippen MR) is 104 cm³/mol. The van der Waals surface area contributed by atoms with Crippen LogP contribution in [0.4, 0.5) is 24.5 Å². The van der Waals surface area contributed by atoms with Gasteiger partial charge in [0.2, 0.25) is 5.91 Å². The Balaban J connectivity index is 1.75. The van der Waals surface area contributed by atoms with Crippen molar-refractivity contribution in [1.29, 1.82) is 0 Å². The second kappa shape index (κ2) is 7.15. The fourth-order valence-corrected chi connectivity index (χ4v) is 3.38. The average Bonchev–Trinajstić information content (AvgIpc) is 3.31. The first kappa shape index (κ1) is 19.4. The number of anilines is 1. The molecule has 1 aromatic heterocycles. The highest BCUT2D eigenvalue weighted by Gasteiger charge is 2.35. The molecule has 0 radical (unpaired) electrons. The highest BCUT2D eigenvalue weighted by atomic mass is 19.4. The molecular formula is C21H14F3N5O. The van der Waals surface area contributed by atoms with Crippen molar-refractivity contribution in [2.45, 2.75) is 19.5 Å². The number of carbonyl (C=O) groups excluding carboxylic acids is 1. The number of aromatic nitrogens is 3. The van der Waals surface area contributed by atoms with Gasteiger partial charge in [0.1, 0.15) is 6.33 Å². The Labute approximate surface area is 169 Å². The quantitative estimate of drug-likeness (QED) is 0.572. The molecule has 3 aromatic rings. The first-order valence-corrected chi connectivity index (χ1v) is 8.88. The van der Waals surface area contributed by atoms with Gasteiger partial charge >= 0.3 is 6.18 Å². The Morgan fingerprint density at radius 1 is 1.10 bits per heavy atom. The summed E-state index contributed by atoms with van der Waals surface area (Å²) in [6.45, 7) is 8.71. The molecule has 0 atom stereocenters. The summed E-state index contributed by atoms with van der Waals surface area (Å²) in [6.07, 6.45) is -3.17. The fraction of sp³-hybridized carbons (Fsp3) is 0.143. The Morgan fingerprint density at radius 3 is 2.50 bits per heavy atom. The number of benzene rings is 2. The molecule has 0 aliphatic carbocycles. The number of amides is 1. The molecule has 150 valence electrons. The van der Waals surface area contributed by atoms with Crippen LogP contribution in [0.5, 0.6) is 0 Å². The maximum absolute atomic E-state index is 13.1. The molecule has 6 nitrogen and oxygen atoms in total. The van der Waals surface area contributed by atoms with Gasteiger partial charge in [0, 0.05) is 17.0 Å². The maximum Gasteiger partial charge on any atom is 0.416 e. The monoisotopic (exact) mass is 409 g/mol. The topological polar surface area (TPSA) is 55.4 Å². The number of nitrogens with zero attached hydrogens (tertiary/aromatic N) is 5. The van der Waals surface area contributed by atoms with Crippen molar-refractivity contribution < 1.29 is 18.0 Å². The minimum absolute atomic E-state index is 0.0130. The number of hydrogen-bond acceptors (Lipinski definition) is 3. The summed E-state index contributed by atoms with van der Waals surface area (Å²) >= 11 is 0. The highest BCUT2D eigenvalue weighted by molar-refractivity contribution is 6.08. The minimum Gasteiger partial charge on any atom is -0.284 e. The fourth-order valence-electron chi connectivity index (χ4n) is 3.38. The van der Waals surface area contributed by atoms with Gasteiger partial charge in [-0.15, -0.1) is 0 Å². The van der Waals surface area contributed by atoms with E-state index in [2.05, 4.69) is 14.9 Å². The number of carbonyl (C=O) groups is 1. The van der Waals surface area contributed by atoms with Gasteiger partial charge in [0.15, 0.2) is 11.5 Å². The lowest BCUT2D eigenvalue weighted by atomic mass is 10.1. The van der Waals surface area contributed by atoms with Crippen LogP contribution in [0.2, 0.25) is 0 Å². The van der Waals surface area contributed by atoms with E-state index in [9.17, 15) is 18.0 Å². The summed E-state index contributed by atoms with van der Waals surface area (Å²) in [4.78, 5) is 21.6. The number of alkyl halides is 3. The Kier molecular flexibility index (Phi) is 4.62. The molecule has 0 fully saturated rings. The van der Waals surface area contributed by atoms with Crippen molar-refractivity contribution in [2.24, 2.45) is 0 Å².